The molecule has 0 bridgehead atoms. The summed E-state index contributed by atoms with van der Waals surface area (Å²) in [5, 5.41) is 0. The molecule has 1 rings (SSSR count). The third kappa shape index (κ3) is 3.27. The Morgan fingerprint density at radius 2 is 1.05 bits per heavy atom. The molecule has 0 saturated heterocycles. The van der Waals surface area contributed by atoms with Crippen molar-refractivity contribution in [1.82, 2.24) is 0 Å². The molecule has 2 nitrogen and oxygen atoms in total. The van der Waals surface area contributed by atoms with Gasteiger partial charge in [0.05, 0.1) is 11.4 Å². The maximum atomic E-state index is 5.01. The zero-order valence-corrected chi connectivity index (χ0v) is 14.4. The topological polar surface area (TPSA) is 24.7 Å². The van der Waals surface area contributed by atoms with Crippen LogP contribution in [0.3, 0.4) is 0 Å². The predicted octanol–water partition coefficient (Wildman–Crippen LogP) is 5.13. The third-order valence-corrected chi connectivity index (χ3v) is 4.55. The molecule has 1 heterocycles. The standard InChI is InChI=1S/C17H32N2/c1-10-16(6,7)12-13(17(8,9)11-2)19-14(18-12)15(3,4)5/h14H,10-11H2,1-9H3. The Bertz CT molecular complexity index is 360. The Hall–Kier alpha value is -0.660. The maximum absolute atomic E-state index is 5.01. The molecule has 0 radical (unpaired) electrons. The molecule has 0 N–H and O–H groups in total. The second-order valence-electron chi connectivity index (χ2n) is 8.17. The van der Waals surface area contributed by atoms with Gasteiger partial charge in [-0.2, -0.15) is 0 Å². The lowest BCUT2D eigenvalue weighted by Crippen LogP contribution is -2.37. The van der Waals surface area contributed by atoms with Crippen LogP contribution in [0.25, 0.3) is 0 Å². The Balaban J connectivity index is 3.30. The van der Waals surface area contributed by atoms with Gasteiger partial charge in [0.2, 0.25) is 0 Å². The summed E-state index contributed by atoms with van der Waals surface area (Å²) in [6.07, 6.45) is 2.28. The summed E-state index contributed by atoms with van der Waals surface area (Å²) < 4.78 is 0. The smallest absolute Gasteiger partial charge is 0.145 e. The van der Waals surface area contributed by atoms with Gasteiger partial charge >= 0.3 is 0 Å². The average molecular weight is 264 g/mol. The highest BCUT2D eigenvalue weighted by Crippen LogP contribution is 2.38. The lowest BCUT2D eigenvalue weighted by atomic mass is 9.73. The lowest BCUT2D eigenvalue weighted by molar-refractivity contribution is 0.332. The average Bonchev–Trinajstić information content (AvgIpc) is 2.74. The van der Waals surface area contributed by atoms with Crippen LogP contribution in [-0.4, -0.2) is 17.6 Å². The van der Waals surface area contributed by atoms with Crippen LogP contribution in [0.2, 0.25) is 0 Å². The van der Waals surface area contributed by atoms with Crippen molar-refractivity contribution in [1.29, 1.82) is 0 Å². The number of hydrogen-bond donors (Lipinski definition) is 0. The van der Waals surface area contributed by atoms with Crippen LogP contribution in [-0.2, 0) is 0 Å². The van der Waals surface area contributed by atoms with E-state index < -0.39 is 0 Å². The molecule has 0 spiro atoms. The fourth-order valence-corrected chi connectivity index (χ4v) is 2.11. The zero-order valence-electron chi connectivity index (χ0n) is 14.4. The van der Waals surface area contributed by atoms with Crippen LogP contribution >= 0.6 is 0 Å². The number of hydrogen-bond acceptors (Lipinski definition) is 2. The first-order valence-electron chi connectivity index (χ1n) is 7.62. The van der Waals surface area contributed by atoms with Gasteiger partial charge in [-0.3, -0.25) is 9.98 Å². The van der Waals surface area contributed by atoms with Gasteiger partial charge in [-0.15, -0.1) is 0 Å². The van der Waals surface area contributed by atoms with Crippen molar-refractivity contribution in [3.05, 3.63) is 0 Å². The zero-order chi connectivity index (χ0) is 15.1. The van der Waals surface area contributed by atoms with Crippen molar-refractivity contribution in [3.63, 3.8) is 0 Å². The highest BCUT2D eigenvalue weighted by Gasteiger charge is 2.41. The molecule has 110 valence electrons. The maximum Gasteiger partial charge on any atom is 0.145 e. The number of aliphatic imine (C=N–C) groups is 2. The monoisotopic (exact) mass is 264 g/mol. The molecule has 0 aromatic heterocycles. The fraction of sp³-hybridized carbons (Fsp3) is 0.882. The van der Waals surface area contributed by atoms with Gasteiger partial charge in [-0.25, -0.2) is 0 Å². The molecule has 19 heavy (non-hydrogen) atoms. The molecule has 0 aromatic rings. The molecule has 0 unspecified atom stereocenters. The normalized spacial score (nSPS) is 18.6. The van der Waals surface area contributed by atoms with Gasteiger partial charge < -0.3 is 0 Å². The Morgan fingerprint density at radius 1 is 0.737 bits per heavy atom. The molecule has 0 aromatic carbocycles. The number of nitrogens with zero attached hydrogens (tertiary/aromatic N) is 2. The summed E-state index contributed by atoms with van der Waals surface area (Å²) in [6.45, 7) is 20.3. The van der Waals surface area contributed by atoms with E-state index in [9.17, 15) is 0 Å². The first-order valence-corrected chi connectivity index (χ1v) is 7.62. The third-order valence-electron chi connectivity index (χ3n) is 4.55. The van der Waals surface area contributed by atoms with Crippen LogP contribution in [0.5, 0.6) is 0 Å². The molecular formula is C17H32N2. The molecule has 2 heteroatoms. The van der Waals surface area contributed by atoms with Gasteiger partial charge in [0.15, 0.2) is 0 Å². The van der Waals surface area contributed by atoms with E-state index in [1.165, 1.54) is 11.4 Å². The fourth-order valence-electron chi connectivity index (χ4n) is 2.11. The van der Waals surface area contributed by atoms with E-state index in [-0.39, 0.29) is 22.4 Å². The highest BCUT2D eigenvalue weighted by atomic mass is 15.1. The van der Waals surface area contributed by atoms with Crippen molar-refractivity contribution in [3.8, 4) is 0 Å². The van der Waals surface area contributed by atoms with Crippen molar-refractivity contribution < 1.29 is 0 Å². The van der Waals surface area contributed by atoms with E-state index in [1.807, 2.05) is 0 Å². The van der Waals surface area contributed by atoms with Crippen molar-refractivity contribution >= 4 is 11.4 Å². The SMILES string of the molecule is CCC(C)(C)C1=NC(C(C)(C)C)N=C1C(C)(C)CC. The van der Waals surface area contributed by atoms with E-state index in [0.717, 1.165) is 12.8 Å². The number of rotatable bonds is 4. The highest BCUT2D eigenvalue weighted by molar-refractivity contribution is 6.46. The van der Waals surface area contributed by atoms with E-state index >= 15 is 0 Å². The Kier molecular flexibility index (Phi) is 4.34. The minimum atomic E-state index is 0.0779. The van der Waals surface area contributed by atoms with Gasteiger partial charge in [0.1, 0.15) is 6.17 Å². The summed E-state index contributed by atoms with van der Waals surface area (Å²) in [6, 6.07) is 0. The van der Waals surface area contributed by atoms with Crippen LogP contribution in [0.1, 0.15) is 75.2 Å². The Labute approximate surface area is 119 Å². The predicted molar refractivity (Wildman–Crippen MR) is 86.3 cm³/mol. The van der Waals surface area contributed by atoms with Crippen molar-refractivity contribution in [2.24, 2.45) is 26.2 Å². The minimum absolute atomic E-state index is 0.0779. The summed E-state index contributed by atoms with van der Waals surface area (Å²) >= 11 is 0. The van der Waals surface area contributed by atoms with E-state index in [4.69, 9.17) is 9.98 Å². The van der Waals surface area contributed by atoms with E-state index in [2.05, 4.69) is 62.3 Å². The summed E-state index contributed by atoms with van der Waals surface area (Å²) in [7, 11) is 0. The van der Waals surface area contributed by atoms with Gasteiger partial charge in [-0.05, 0) is 12.8 Å². The summed E-state index contributed by atoms with van der Waals surface area (Å²) in [4.78, 5) is 10.0. The van der Waals surface area contributed by atoms with Crippen molar-refractivity contribution in [2.45, 2.75) is 81.3 Å². The molecule has 0 fully saturated rings. The molecular weight excluding hydrogens is 232 g/mol. The van der Waals surface area contributed by atoms with Gasteiger partial charge in [0, 0.05) is 16.2 Å². The molecule has 1 aliphatic rings. The Morgan fingerprint density at radius 3 is 1.26 bits per heavy atom. The molecule has 0 aliphatic carbocycles. The van der Waals surface area contributed by atoms with E-state index in [0.29, 0.717) is 0 Å². The molecule has 0 atom stereocenters. The van der Waals surface area contributed by atoms with Crippen LogP contribution < -0.4 is 0 Å². The second-order valence-corrected chi connectivity index (χ2v) is 8.17. The van der Waals surface area contributed by atoms with Gasteiger partial charge in [-0.1, -0.05) is 62.3 Å². The van der Waals surface area contributed by atoms with E-state index in [1.54, 1.807) is 0 Å². The second kappa shape index (κ2) is 5.03. The first-order chi connectivity index (χ1) is 8.45. The summed E-state index contributed by atoms with van der Waals surface area (Å²) in [5.41, 5.74) is 2.81. The van der Waals surface area contributed by atoms with Crippen molar-refractivity contribution in [2.75, 3.05) is 0 Å². The van der Waals surface area contributed by atoms with Crippen LogP contribution in [0.4, 0.5) is 0 Å². The van der Waals surface area contributed by atoms with Crippen LogP contribution in [0, 0.1) is 16.2 Å². The quantitative estimate of drug-likeness (QED) is 0.672. The molecule has 1 aliphatic heterocycles. The largest absolute Gasteiger partial charge is 0.260 e. The minimum Gasteiger partial charge on any atom is -0.260 e. The van der Waals surface area contributed by atoms with Gasteiger partial charge in [0.25, 0.3) is 0 Å². The lowest BCUT2D eigenvalue weighted by Gasteiger charge is -2.31. The molecule has 0 amide bonds. The summed E-state index contributed by atoms with van der Waals surface area (Å²) in [5.74, 6) is 0. The van der Waals surface area contributed by atoms with Crippen LogP contribution in [0.15, 0.2) is 9.98 Å². The molecule has 0 saturated carbocycles. The first kappa shape index (κ1) is 16.4.